The van der Waals surface area contributed by atoms with E-state index in [4.69, 9.17) is 14.2 Å². The fourth-order valence-electron chi connectivity index (χ4n) is 1.78. The molecular formula is C18H33O6P. The molecule has 0 N–H and O–H groups in total. The van der Waals surface area contributed by atoms with Crippen LogP contribution in [0.2, 0.25) is 0 Å². The van der Waals surface area contributed by atoms with Gasteiger partial charge in [-0.15, -0.1) is 0 Å². The van der Waals surface area contributed by atoms with Gasteiger partial charge in [0.25, 0.3) is 0 Å². The number of hydrogen-bond acceptors (Lipinski definition) is 6. The maximum Gasteiger partial charge on any atom is 0.306 e. The van der Waals surface area contributed by atoms with Gasteiger partial charge in [0.1, 0.15) is 19.0 Å². The fraction of sp³-hybridized carbons (Fsp3) is 0.833. The summed E-state index contributed by atoms with van der Waals surface area (Å²) in [4.78, 5) is 35.1. The van der Waals surface area contributed by atoms with Crippen LogP contribution in [0.1, 0.15) is 60.8 Å². The average Bonchev–Trinajstić information content (AvgIpc) is 2.44. The van der Waals surface area contributed by atoms with E-state index in [1.165, 1.54) is 0 Å². The van der Waals surface area contributed by atoms with Crippen molar-refractivity contribution < 1.29 is 28.6 Å². The van der Waals surface area contributed by atoms with Crippen molar-refractivity contribution in [3.8, 4) is 0 Å². The van der Waals surface area contributed by atoms with Crippen LogP contribution in [0.25, 0.3) is 0 Å². The van der Waals surface area contributed by atoms with Crippen molar-refractivity contribution in [1.82, 2.24) is 0 Å². The van der Waals surface area contributed by atoms with Crippen LogP contribution in [0, 0.1) is 17.8 Å². The van der Waals surface area contributed by atoms with Gasteiger partial charge in [0.2, 0.25) is 0 Å². The smallest absolute Gasteiger partial charge is 0.306 e. The lowest BCUT2D eigenvalue weighted by Crippen LogP contribution is -2.15. The van der Waals surface area contributed by atoms with E-state index in [1.807, 2.05) is 41.5 Å². The number of carbonyl (C=O) groups excluding carboxylic acids is 3. The lowest BCUT2D eigenvalue weighted by Gasteiger charge is -2.18. The van der Waals surface area contributed by atoms with Crippen molar-refractivity contribution in [3.05, 3.63) is 0 Å². The molecule has 0 radical (unpaired) electrons. The molecule has 0 rings (SSSR count). The molecule has 0 aliphatic rings. The lowest BCUT2D eigenvalue weighted by atomic mass is 10.1. The molecule has 146 valence electrons. The van der Waals surface area contributed by atoms with Gasteiger partial charge < -0.3 is 14.2 Å². The molecular weight excluding hydrogens is 343 g/mol. The Morgan fingerprint density at radius 2 is 0.840 bits per heavy atom. The van der Waals surface area contributed by atoms with Gasteiger partial charge in [-0.25, -0.2) is 0 Å². The quantitative estimate of drug-likeness (QED) is 0.290. The van der Waals surface area contributed by atoms with Crippen LogP contribution in [0.3, 0.4) is 0 Å². The molecule has 0 aromatic rings. The number of esters is 3. The zero-order chi connectivity index (χ0) is 19.4. The molecule has 0 fully saturated rings. The van der Waals surface area contributed by atoms with Crippen LogP contribution < -0.4 is 0 Å². The summed E-state index contributed by atoms with van der Waals surface area (Å²) in [6.45, 7) is 11.6. The molecule has 25 heavy (non-hydrogen) atoms. The third-order valence-corrected chi connectivity index (χ3v) is 4.43. The third-order valence-electron chi connectivity index (χ3n) is 2.95. The van der Waals surface area contributed by atoms with Gasteiger partial charge in [-0.2, -0.15) is 0 Å². The highest BCUT2D eigenvalue weighted by molar-refractivity contribution is 7.57. The van der Waals surface area contributed by atoms with E-state index in [9.17, 15) is 14.4 Å². The molecule has 0 heterocycles. The van der Waals surface area contributed by atoms with E-state index in [2.05, 4.69) is 0 Å². The molecule has 0 atom stereocenters. The van der Waals surface area contributed by atoms with Gasteiger partial charge in [0, 0.05) is 27.2 Å². The zero-order valence-electron chi connectivity index (χ0n) is 16.4. The average molecular weight is 376 g/mol. The van der Waals surface area contributed by atoms with E-state index in [0.29, 0.717) is 19.3 Å². The third kappa shape index (κ3) is 14.9. The maximum absolute atomic E-state index is 11.7. The van der Waals surface area contributed by atoms with Crippen molar-refractivity contribution in [2.75, 3.05) is 19.0 Å². The van der Waals surface area contributed by atoms with Crippen LogP contribution in [-0.2, 0) is 28.6 Å². The molecule has 0 amide bonds. The van der Waals surface area contributed by atoms with Crippen molar-refractivity contribution in [1.29, 1.82) is 0 Å². The Balaban J connectivity index is 4.45. The van der Waals surface area contributed by atoms with E-state index in [0.717, 1.165) is 0 Å². The highest BCUT2D eigenvalue weighted by Gasteiger charge is 2.18. The normalized spacial score (nSPS) is 11.3. The highest BCUT2D eigenvalue weighted by Crippen LogP contribution is 2.36. The number of hydrogen-bond donors (Lipinski definition) is 0. The van der Waals surface area contributed by atoms with Crippen LogP contribution >= 0.6 is 7.92 Å². The fourth-order valence-corrected chi connectivity index (χ4v) is 2.98. The van der Waals surface area contributed by atoms with Gasteiger partial charge in [-0.3, -0.25) is 14.4 Å². The van der Waals surface area contributed by atoms with Crippen molar-refractivity contribution in [3.63, 3.8) is 0 Å². The van der Waals surface area contributed by atoms with E-state index >= 15 is 0 Å². The largest absolute Gasteiger partial charge is 0.461 e. The SMILES string of the molecule is CC(C)CC(=O)OCP(COC(=O)CC(C)C)COC(=O)CC(C)C. The van der Waals surface area contributed by atoms with E-state index < -0.39 is 7.92 Å². The van der Waals surface area contributed by atoms with Crippen LogP contribution in [0.4, 0.5) is 0 Å². The molecule has 0 saturated carbocycles. The topological polar surface area (TPSA) is 78.9 Å². The first-order valence-electron chi connectivity index (χ1n) is 8.79. The molecule has 0 bridgehead atoms. The summed E-state index contributed by atoms with van der Waals surface area (Å²) >= 11 is 0. The van der Waals surface area contributed by atoms with Gasteiger partial charge in [-0.05, 0) is 17.8 Å². The minimum atomic E-state index is -1.06. The summed E-state index contributed by atoms with van der Waals surface area (Å²) in [5, 5.41) is 0. The second-order valence-corrected chi connectivity index (χ2v) is 9.52. The summed E-state index contributed by atoms with van der Waals surface area (Å²) in [6.07, 6.45) is 1.40. The molecule has 0 aliphatic heterocycles. The second kappa shape index (κ2) is 13.1. The predicted octanol–water partition coefficient (Wildman–Crippen LogP) is 4.11. The van der Waals surface area contributed by atoms with Gasteiger partial charge in [-0.1, -0.05) is 41.5 Å². The Morgan fingerprint density at radius 1 is 0.600 bits per heavy atom. The predicted molar refractivity (Wildman–Crippen MR) is 98.2 cm³/mol. The molecule has 0 aliphatic carbocycles. The van der Waals surface area contributed by atoms with Gasteiger partial charge in [0.05, 0.1) is 0 Å². The Hall–Kier alpha value is -1.16. The minimum Gasteiger partial charge on any atom is -0.461 e. The molecule has 0 aromatic heterocycles. The number of carbonyl (C=O) groups is 3. The van der Waals surface area contributed by atoms with Crippen LogP contribution in [-0.4, -0.2) is 37.0 Å². The molecule has 0 unspecified atom stereocenters. The standard InChI is InChI=1S/C18H33O6P/c1-13(2)7-16(19)22-10-25(11-23-17(20)8-14(3)4)12-24-18(21)9-15(5)6/h13-15H,7-12H2,1-6H3. The Kier molecular flexibility index (Phi) is 12.5. The summed E-state index contributed by atoms with van der Waals surface area (Å²) in [5.74, 6) is -0.219. The first kappa shape index (κ1) is 23.8. The Morgan fingerprint density at radius 3 is 1.04 bits per heavy atom. The van der Waals surface area contributed by atoms with Gasteiger partial charge >= 0.3 is 17.9 Å². The van der Waals surface area contributed by atoms with Crippen LogP contribution in [0.5, 0.6) is 0 Å². The minimum absolute atomic E-state index is 0.130. The zero-order valence-corrected chi connectivity index (χ0v) is 17.3. The van der Waals surface area contributed by atoms with Crippen molar-refractivity contribution >= 4 is 25.8 Å². The maximum atomic E-state index is 11.7. The first-order chi connectivity index (χ1) is 11.6. The molecule has 6 nitrogen and oxygen atoms in total. The Labute approximate surface area is 152 Å². The number of ether oxygens (including phenoxy) is 3. The van der Waals surface area contributed by atoms with Crippen LogP contribution in [0.15, 0.2) is 0 Å². The summed E-state index contributed by atoms with van der Waals surface area (Å²) in [6, 6.07) is 0. The van der Waals surface area contributed by atoms with Crippen molar-refractivity contribution in [2.24, 2.45) is 17.8 Å². The Bertz CT molecular complexity index is 358. The van der Waals surface area contributed by atoms with E-state index in [1.54, 1.807) is 0 Å². The molecule has 7 heteroatoms. The molecule has 0 spiro atoms. The molecule has 0 saturated heterocycles. The lowest BCUT2D eigenvalue weighted by molar-refractivity contribution is -0.142. The first-order valence-corrected chi connectivity index (χ1v) is 10.7. The van der Waals surface area contributed by atoms with E-state index in [-0.39, 0.29) is 54.7 Å². The summed E-state index contributed by atoms with van der Waals surface area (Å²) in [7, 11) is -1.06. The summed E-state index contributed by atoms with van der Waals surface area (Å²) in [5.41, 5.74) is 0. The number of rotatable bonds is 12. The molecule has 0 aromatic carbocycles. The second-order valence-electron chi connectivity index (χ2n) is 7.40. The summed E-state index contributed by atoms with van der Waals surface area (Å²) < 4.78 is 15.7. The monoisotopic (exact) mass is 376 g/mol. The van der Waals surface area contributed by atoms with Crippen molar-refractivity contribution in [2.45, 2.75) is 60.8 Å². The highest BCUT2D eigenvalue weighted by atomic mass is 31.1. The van der Waals surface area contributed by atoms with Gasteiger partial charge in [0.15, 0.2) is 0 Å².